The van der Waals surface area contributed by atoms with Crippen molar-refractivity contribution in [2.75, 3.05) is 37.7 Å². The molecule has 1 aliphatic carbocycles. The molecule has 4 fully saturated rings. The molecule has 1 unspecified atom stereocenters. The van der Waals surface area contributed by atoms with E-state index in [-0.39, 0.29) is 41.3 Å². The summed E-state index contributed by atoms with van der Waals surface area (Å²) in [5.41, 5.74) is 2.73. The summed E-state index contributed by atoms with van der Waals surface area (Å²) in [5, 5.41) is 0.752. The molecule has 0 radical (unpaired) electrons. The third-order valence-electron chi connectivity index (χ3n) is 9.67. The zero-order valence-corrected chi connectivity index (χ0v) is 25.4. The van der Waals surface area contributed by atoms with Crippen molar-refractivity contribution in [2.45, 2.75) is 110 Å². The summed E-state index contributed by atoms with van der Waals surface area (Å²) in [4.78, 5) is 34.1. The first-order valence-corrected chi connectivity index (χ1v) is 15.6. The van der Waals surface area contributed by atoms with Gasteiger partial charge < -0.3 is 19.4 Å². The Labute approximate surface area is 240 Å². The van der Waals surface area contributed by atoms with Gasteiger partial charge in [-0.2, -0.15) is 0 Å². The lowest BCUT2D eigenvalue weighted by atomic mass is 9.75. The van der Waals surface area contributed by atoms with E-state index in [1.807, 2.05) is 11.0 Å². The van der Waals surface area contributed by atoms with Crippen molar-refractivity contribution in [3.05, 3.63) is 28.8 Å². The normalized spacial score (nSPS) is 27.8. The molecule has 3 saturated heterocycles. The molecule has 1 aromatic carbocycles. The maximum Gasteiger partial charge on any atom is 0.252 e. The molecule has 0 aromatic heterocycles. The van der Waals surface area contributed by atoms with Gasteiger partial charge in [-0.05, 0) is 86.0 Å². The third kappa shape index (κ3) is 6.27. The standard InChI is InChI=1S/C32H48ClN3O3/c1-31(2,3)26-19-23(33)8-9-27(26)34-16-12-22(20-34)29(37)35-17-13-25(21-35)36(30(38)28-7-6-18-39-28)24-10-14-32(4,5)15-11-24/h8-9,19,22,24-25,28H,6-7,10-18,20-21H2,1-5H3/t22-,25-,28?/m0/s1. The molecular weight excluding hydrogens is 510 g/mol. The predicted octanol–water partition coefficient (Wildman–Crippen LogP) is 6.04. The number of nitrogens with zero attached hydrogens (tertiary/aromatic N) is 3. The molecule has 2 amide bonds. The number of ether oxygens (including phenoxy) is 1. The van der Waals surface area contributed by atoms with Crippen LogP contribution in [0, 0.1) is 11.3 Å². The Morgan fingerprint density at radius 1 is 1.00 bits per heavy atom. The van der Waals surface area contributed by atoms with Gasteiger partial charge in [0.1, 0.15) is 6.10 Å². The Balaban J connectivity index is 1.26. The van der Waals surface area contributed by atoms with Crippen molar-refractivity contribution >= 4 is 29.1 Å². The summed E-state index contributed by atoms with van der Waals surface area (Å²) >= 11 is 6.35. The summed E-state index contributed by atoms with van der Waals surface area (Å²) in [5.74, 6) is 0.409. The lowest BCUT2D eigenvalue weighted by Gasteiger charge is -2.43. The molecule has 3 aliphatic heterocycles. The number of carbonyl (C=O) groups excluding carboxylic acids is 2. The number of hydrogen-bond donors (Lipinski definition) is 0. The minimum Gasteiger partial charge on any atom is -0.370 e. The number of carbonyl (C=O) groups is 2. The summed E-state index contributed by atoms with van der Waals surface area (Å²) in [6.07, 6.45) is 7.58. The van der Waals surface area contributed by atoms with Crippen molar-refractivity contribution in [1.29, 1.82) is 0 Å². The fourth-order valence-electron chi connectivity index (χ4n) is 7.25. The van der Waals surface area contributed by atoms with Gasteiger partial charge in [0, 0.05) is 49.5 Å². The van der Waals surface area contributed by atoms with Gasteiger partial charge in [0.15, 0.2) is 0 Å². The van der Waals surface area contributed by atoms with Crippen LogP contribution >= 0.6 is 11.6 Å². The van der Waals surface area contributed by atoms with E-state index in [0.717, 1.165) is 76.0 Å². The second kappa shape index (κ2) is 11.2. The molecule has 1 aromatic rings. The SMILES string of the molecule is CC1(C)CCC(N(C(=O)C2CCCO2)[C@H]2CCN(C(=O)[C@H]3CCN(c4ccc(Cl)cc4C(C)(C)C)C3)C2)CC1. The van der Waals surface area contributed by atoms with Crippen molar-refractivity contribution in [3.8, 4) is 0 Å². The lowest BCUT2D eigenvalue weighted by Crippen LogP contribution is -2.53. The highest BCUT2D eigenvalue weighted by Gasteiger charge is 2.43. The van der Waals surface area contributed by atoms with Crippen LogP contribution < -0.4 is 4.90 Å². The molecule has 3 heterocycles. The fourth-order valence-corrected chi connectivity index (χ4v) is 7.42. The first kappa shape index (κ1) is 28.7. The predicted molar refractivity (Wildman–Crippen MR) is 157 cm³/mol. The Hall–Kier alpha value is -1.79. The first-order chi connectivity index (χ1) is 18.4. The van der Waals surface area contributed by atoms with E-state index in [1.165, 1.54) is 11.3 Å². The van der Waals surface area contributed by atoms with Gasteiger partial charge >= 0.3 is 0 Å². The molecular formula is C32H48ClN3O3. The van der Waals surface area contributed by atoms with E-state index < -0.39 is 0 Å². The molecule has 3 atom stereocenters. The number of hydrogen-bond acceptors (Lipinski definition) is 4. The van der Waals surface area contributed by atoms with Crippen LogP contribution in [0.15, 0.2) is 18.2 Å². The van der Waals surface area contributed by atoms with E-state index in [4.69, 9.17) is 16.3 Å². The highest BCUT2D eigenvalue weighted by atomic mass is 35.5. The Kier molecular flexibility index (Phi) is 8.28. The van der Waals surface area contributed by atoms with Crippen LogP contribution in [0.4, 0.5) is 5.69 Å². The van der Waals surface area contributed by atoms with E-state index in [9.17, 15) is 9.59 Å². The average Bonchev–Trinajstić information content (AvgIpc) is 3.66. The number of benzene rings is 1. The number of rotatable bonds is 5. The van der Waals surface area contributed by atoms with E-state index in [1.54, 1.807) is 0 Å². The summed E-state index contributed by atoms with van der Waals surface area (Å²) in [6, 6.07) is 6.50. The highest BCUT2D eigenvalue weighted by molar-refractivity contribution is 6.30. The van der Waals surface area contributed by atoms with Crippen LogP contribution in [-0.2, 0) is 19.7 Å². The molecule has 0 spiro atoms. The van der Waals surface area contributed by atoms with Gasteiger partial charge in [-0.3, -0.25) is 9.59 Å². The second-order valence-electron chi connectivity index (χ2n) is 14.2. The van der Waals surface area contributed by atoms with Crippen LogP contribution in [0.1, 0.15) is 91.5 Å². The largest absolute Gasteiger partial charge is 0.370 e. The Morgan fingerprint density at radius 3 is 2.41 bits per heavy atom. The topological polar surface area (TPSA) is 53.1 Å². The maximum atomic E-state index is 13.8. The monoisotopic (exact) mass is 557 g/mol. The minimum atomic E-state index is -0.301. The fraction of sp³-hybridized carbons (Fsp3) is 0.750. The molecule has 0 bridgehead atoms. The number of amides is 2. The third-order valence-corrected chi connectivity index (χ3v) is 9.91. The quantitative estimate of drug-likeness (QED) is 0.443. The highest BCUT2D eigenvalue weighted by Crippen LogP contribution is 2.40. The molecule has 1 saturated carbocycles. The van der Waals surface area contributed by atoms with Crippen LogP contribution in [0.5, 0.6) is 0 Å². The second-order valence-corrected chi connectivity index (χ2v) is 14.6. The molecule has 39 heavy (non-hydrogen) atoms. The zero-order chi connectivity index (χ0) is 27.9. The molecule has 7 heteroatoms. The average molecular weight is 558 g/mol. The maximum absolute atomic E-state index is 13.8. The van der Waals surface area contributed by atoms with Gasteiger partial charge in [0.25, 0.3) is 5.91 Å². The molecule has 0 N–H and O–H groups in total. The van der Waals surface area contributed by atoms with Gasteiger partial charge in [-0.1, -0.05) is 46.2 Å². The molecule has 216 valence electrons. The van der Waals surface area contributed by atoms with Crippen LogP contribution in [0.2, 0.25) is 5.02 Å². The molecule has 4 aliphatic rings. The van der Waals surface area contributed by atoms with Crippen molar-refractivity contribution in [3.63, 3.8) is 0 Å². The zero-order valence-electron chi connectivity index (χ0n) is 24.7. The summed E-state index contributed by atoms with van der Waals surface area (Å²) in [6.45, 7) is 15.0. The van der Waals surface area contributed by atoms with Crippen molar-refractivity contribution in [2.24, 2.45) is 11.3 Å². The van der Waals surface area contributed by atoms with Gasteiger partial charge in [0.2, 0.25) is 5.91 Å². The van der Waals surface area contributed by atoms with Gasteiger partial charge in [-0.15, -0.1) is 0 Å². The van der Waals surface area contributed by atoms with Crippen LogP contribution in [-0.4, -0.2) is 72.6 Å². The van der Waals surface area contributed by atoms with Gasteiger partial charge in [-0.25, -0.2) is 0 Å². The summed E-state index contributed by atoms with van der Waals surface area (Å²) < 4.78 is 5.85. The van der Waals surface area contributed by atoms with E-state index in [2.05, 4.69) is 56.6 Å². The van der Waals surface area contributed by atoms with E-state index in [0.29, 0.717) is 18.6 Å². The van der Waals surface area contributed by atoms with E-state index >= 15 is 0 Å². The number of likely N-dealkylation sites (tertiary alicyclic amines) is 1. The van der Waals surface area contributed by atoms with Crippen molar-refractivity contribution in [1.82, 2.24) is 9.80 Å². The van der Waals surface area contributed by atoms with Gasteiger partial charge in [0.05, 0.1) is 12.0 Å². The Morgan fingerprint density at radius 2 is 1.74 bits per heavy atom. The smallest absolute Gasteiger partial charge is 0.252 e. The first-order valence-electron chi connectivity index (χ1n) is 15.2. The number of halogens is 1. The Bertz CT molecular complexity index is 1050. The van der Waals surface area contributed by atoms with Crippen LogP contribution in [0.3, 0.4) is 0 Å². The number of anilines is 1. The van der Waals surface area contributed by atoms with Crippen molar-refractivity contribution < 1.29 is 14.3 Å². The molecule has 5 rings (SSSR count). The minimum absolute atomic E-state index is 0.00922. The summed E-state index contributed by atoms with van der Waals surface area (Å²) in [7, 11) is 0. The van der Waals surface area contributed by atoms with Crippen LogP contribution in [0.25, 0.3) is 0 Å². The lowest BCUT2D eigenvalue weighted by molar-refractivity contribution is -0.148. The molecule has 6 nitrogen and oxygen atoms in total.